The molecule has 0 bridgehead atoms. The van der Waals surface area contributed by atoms with Gasteiger partial charge in [-0.15, -0.1) is 13.2 Å². The number of nitrogens with one attached hydrogen (secondary N) is 1. The molecule has 1 atom stereocenters. The molecule has 23 heavy (non-hydrogen) atoms. The molecule has 1 aromatic carbocycles. The maximum Gasteiger partial charge on any atom is 0.573 e. The number of ether oxygens (including phenoxy) is 1. The lowest BCUT2D eigenvalue weighted by molar-refractivity contribution is -0.274. The van der Waals surface area contributed by atoms with Gasteiger partial charge in [-0.05, 0) is 18.9 Å². The highest BCUT2D eigenvalue weighted by atomic mass is 19.4. The smallest absolute Gasteiger partial charge is 0.405 e. The van der Waals surface area contributed by atoms with E-state index in [1.807, 2.05) is 0 Å². The van der Waals surface area contributed by atoms with Crippen molar-refractivity contribution in [2.45, 2.75) is 31.8 Å². The molecule has 0 radical (unpaired) electrons. The average molecular weight is 331 g/mol. The fourth-order valence-electron chi connectivity index (χ4n) is 2.48. The van der Waals surface area contributed by atoms with E-state index in [0.717, 1.165) is 0 Å². The molecule has 1 aliphatic rings. The highest BCUT2D eigenvalue weighted by molar-refractivity contribution is 5.87. The molecule has 0 saturated carbocycles. The van der Waals surface area contributed by atoms with Gasteiger partial charge in [-0.3, -0.25) is 4.79 Å². The van der Waals surface area contributed by atoms with Gasteiger partial charge in [0.05, 0.1) is 0 Å². The van der Waals surface area contributed by atoms with Crippen LogP contribution in [0.3, 0.4) is 0 Å². The van der Waals surface area contributed by atoms with Crippen LogP contribution in [-0.2, 0) is 11.3 Å². The van der Waals surface area contributed by atoms with E-state index in [4.69, 9.17) is 5.73 Å². The van der Waals surface area contributed by atoms with Gasteiger partial charge >= 0.3 is 12.4 Å². The Morgan fingerprint density at radius 1 is 1.35 bits per heavy atom. The van der Waals surface area contributed by atoms with Gasteiger partial charge < -0.3 is 20.7 Å². The lowest BCUT2D eigenvalue weighted by Crippen LogP contribution is -2.47. The second-order valence-corrected chi connectivity index (χ2v) is 5.06. The van der Waals surface area contributed by atoms with Crippen molar-refractivity contribution in [1.82, 2.24) is 10.2 Å². The van der Waals surface area contributed by atoms with Gasteiger partial charge in [-0.1, -0.05) is 18.2 Å². The number of hydrogen-bond acceptors (Lipinski definition) is 3. The summed E-state index contributed by atoms with van der Waals surface area (Å²) < 4.78 is 40.9. The van der Waals surface area contributed by atoms with E-state index in [1.165, 1.54) is 29.2 Å². The highest BCUT2D eigenvalue weighted by Gasteiger charge is 2.34. The number of halogens is 3. The van der Waals surface area contributed by atoms with Crippen molar-refractivity contribution in [2.24, 2.45) is 5.73 Å². The summed E-state index contributed by atoms with van der Waals surface area (Å²) in [6, 6.07) is 4.14. The molecular formula is C14H16F3N3O3. The molecule has 9 heteroatoms. The first kappa shape index (κ1) is 16.9. The zero-order valence-corrected chi connectivity index (χ0v) is 12.1. The average Bonchev–Trinajstić information content (AvgIpc) is 2.94. The fourth-order valence-corrected chi connectivity index (χ4v) is 2.48. The summed E-state index contributed by atoms with van der Waals surface area (Å²) in [6.45, 7) is 0.245. The molecule has 1 aliphatic heterocycles. The molecule has 0 spiro atoms. The van der Waals surface area contributed by atoms with Crippen molar-refractivity contribution >= 4 is 11.9 Å². The van der Waals surface area contributed by atoms with Crippen LogP contribution in [0.25, 0.3) is 0 Å². The first-order valence-corrected chi connectivity index (χ1v) is 6.95. The number of nitrogens with two attached hydrogens (primary N) is 1. The molecular weight excluding hydrogens is 315 g/mol. The largest absolute Gasteiger partial charge is 0.573 e. The Morgan fingerprint density at radius 3 is 2.70 bits per heavy atom. The van der Waals surface area contributed by atoms with Crippen LogP contribution >= 0.6 is 0 Å². The Morgan fingerprint density at radius 2 is 2.04 bits per heavy atom. The predicted octanol–water partition coefficient (Wildman–Crippen LogP) is 1.74. The molecule has 0 aliphatic carbocycles. The van der Waals surface area contributed by atoms with Crippen LogP contribution in [0.15, 0.2) is 24.3 Å². The van der Waals surface area contributed by atoms with E-state index in [-0.39, 0.29) is 17.9 Å². The van der Waals surface area contributed by atoms with Crippen LogP contribution in [0.2, 0.25) is 0 Å². The first-order chi connectivity index (χ1) is 10.8. The summed E-state index contributed by atoms with van der Waals surface area (Å²) in [7, 11) is 0. The number of rotatable bonds is 4. The number of para-hydroxylation sites is 1. The summed E-state index contributed by atoms with van der Waals surface area (Å²) in [5, 5.41) is 2.52. The van der Waals surface area contributed by atoms with Gasteiger partial charge in [0.15, 0.2) is 0 Å². The number of benzene rings is 1. The standard InChI is InChI=1S/C14H16F3N3O3/c15-14(16,17)23-11-6-2-1-4-9(11)8-19-12(21)10-5-3-7-20(10)13(18)22/h1-2,4,6,10H,3,5,7-8H2,(H2,18,22)(H,19,21)/t10-/m0/s1. The zero-order valence-electron chi connectivity index (χ0n) is 12.1. The van der Waals surface area contributed by atoms with Crippen LogP contribution in [-0.4, -0.2) is 35.8 Å². The quantitative estimate of drug-likeness (QED) is 0.881. The van der Waals surface area contributed by atoms with Gasteiger partial charge in [0, 0.05) is 18.7 Å². The van der Waals surface area contributed by atoms with Crippen molar-refractivity contribution < 1.29 is 27.5 Å². The van der Waals surface area contributed by atoms with E-state index in [9.17, 15) is 22.8 Å². The zero-order chi connectivity index (χ0) is 17.0. The molecule has 3 amide bonds. The minimum absolute atomic E-state index is 0.145. The van der Waals surface area contributed by atoms with Crippen LogP contribution in [0.5, 0.6) is 5.75 Å². The molecule has 1 aromatic rings. The Kier molecular flexibility index (Phi) is 4.97. The van der Waals surface area contributed by atoms with Crippen molar-refractivity contribution in [1.29, 1.82) is 0 Å². The van der Waals surface area contributed by atoms with Gasteiger partial charge in [0.1, 0.15) is 11.8 Å². The monoisotopic (exact) mass is 331 g/mol. The molecule has 3 N–H and O–H groups in total. The van der Waals surface area contributed by atoms with E-state index < -0.39 is 24.3 Å². The number of carbonyl (C=O) groups is 2. The van der Waals surface area contributed by atoms with Crippen molar-refractivity contribution in [2.75, 3.05) is 6.54 Å². The first-order valence-electron chi connectivity index (χ1n) is 6.95. The number of hydrogen-bond donors (Lipinski definition) is 2. The predicted molar refractivity (Wildman–Crippen MR) is 74.3 cm³/mol. The van der Waals surface area contributed by atoms with Crippen molar-refractivity contribution in [3.63, 3.8) is 0 Å². The molecule has 1 fully saturated rings. The topological polar surface area (TPSA) is 84.7 Å². The maximum absolute atomic E-state index is 12.3. The maximum atomic E-state index is 12.3. The molecule has 2 rings (SSSR count). The lowest BCUT2D eigenvalue weighted by atomic mass is 10.1. The van der Waals surface area contributed by atoms with Crippen LogP contribution in [0.4, 0.5) is 18.0 Å². The Labute approximate surface area is 130 Å². The number of amides is 3. The van der Waals surface area contributed by atoms with Gasteiger partial charge in [0.25, 0.3) is 0 Å². The Bertz CT molecular complexity index is 592. The number of alkyl halides is 3. The minimum atomic E-state index is -4.81. The number of carbonyl (C=O) groups excluding carboxylic acids is 2. The summed E-state index contributed by atoms with van der Waals surface area (Å²) in [6.07, 6.45) is -3.70. The second-order valence-electron chi connectivity index (χ2n) is 5.06. The Hall–Kier alpha value is -2.45. The number of primary amides is 1. The summed E-state index contributed by atoms with van der Waals surface area (Å²) >= 11 is 0. The fraction of sp³-hybridized carbons (Fsp3) is 0.429. The van der Waals surface area contributed by atoms with Crippen LogP contribution in [0, 0.1) is 0 Å². The molecule has 0 unspecified atom stereocenters. The third-order valence-corrected chi connectivity index (χ3v) is 3.49. The van der Waals surface area contributed by atoms with E-state index in [0.29, 0.717) is 19.4 Å². The number of urea groups is 1. The minimum Gasteiger partial charge on any atom is -0.405 e. The summed E-state index contributed by atoms with van der Waals surface area (Å²) in [5.41, 5.74) is 5.37. The van der Waals surface area contributed by atoms with Gasteiger partial charge in [0.2, 0.25) is 5.91 Å². The van der Waals surface area contributed by atoms with Crippen LogP contribution in [0.1, 0.15) is 18.4 Å². The van der Waals surface area contributed by atoms with Gasteiger partial charge in [-0.2, -0.15) is 0 Å². The summed E-state index contributed by atoms with van der Waals surface area (Å²) in [5.74, 6) is -0.832. The highest BCUT2D eigenvalue weighted by Crippen LogP contribution is 2.26. The third kappa shape index (κ3) is 4.51. The normalized spacial score (nSPS) is 17.9. The number of likely N-dealkylation sites (tertiary alicyclic amines) is 1. The molecule has 1 saturated heterocycles. The van der Waals surface area contributed by atoms with E-state index >= 15 is 0 Å². The molecule has 1 heterocycles. The van der Waals surface area contributed by atoms with Crippen LogP contribution < -0.4 is 15.8 Å². The molecule has 126 valence electrons. The lowest BCUT2D eigenvalue weighted by Gasteiger charge is -2.22. The van der Waals surface area contributed by atoms with Crippen molar-refractivity contribution in [3.05, 3.63) is 29.8 Å². The second kappa shape index (κ2) is 6.76. The number of nitrogens with zero attached hydrogens (tertiary/aromatic N) is 1. The van der Waals surface area contributed by atoms with E-state index in [1.54, 1.807) is 0 Å². The van der Waals surface area contributed by atoms with E-state index in [2.05, 4.69) is 10.1 Å². The molecule has 0 aromatic heterocycles. The third-order valence-electron chi connectivity index (χ3n) is 3.49. The SMILES string of the molecule is NC(=O)N1CCC[C@H]1C(=O)NCc1ccccc1OC(F)(F)F. The molecule has 6 nitrogen and oxygen atoms in total. The van der Waals surface area contributed by atoms with Gasteiger partial charge in [-0.25, -0.2) is 4.79 Å². The summed E-state index contributed by atoms with van der Waals surface area (Å²) in [4.78, 5) is 24.6. The van der Waals surface area contributed by atoms with Crippen molar-refractivity contribution in [3.8, 4) is 5.75 Å². The Balaban J connectivity index is 2.01.